The van der Waals surface area contributed by atoms with Gasteiger partial charge in [-0.3, -0.25) is 4.79 Å². The van der Waals surface area contributed by atoms with Gasteiger partial charge in [0.25, 0.3) is 0 Å². The lowest BCUT2D eigenvalue weighted by Gasteiger charge is -2.30. The summed E-state index contributed by atoms with van der Waals surface area (Å²) >= 11 is 0. The highest BCUT2D eigenvalue weighted by atomic mass is 32.2. The Kier molecular flexibility index (Phi) is 3.76. The van der Waals surface area contributed by atoms with Crippen molar-refractivity contribution in [2.24, 2.45) is 11.8 Å². The Labute approximate surface area is 90.6 Å². The van der Waals surface area contributed by atoms with E-state index in [0.717, 1.165) is 12.8 Å². The number of carbonyl (C=O) groups is 1. The molecule has 0 bridgehead atoms. The van der Waals surface area contributed by atoms with E-state index in [2.05, 4.69) is 0 Å². The van der Waals surface area contributed by atoms with E-state index in [9.17, 15) is 13.2 Å². The number of hydrogen-bond acceptors (Lipinski definition) is 3. The van der Waals surface area contributed by atoms with Gasteiger partial charge in [0.05, 0.1) is 11.2 Å². The summed E-state index contributed by atoms with van der Waals surface area (Å²) < 4.78 is 22.8. The summed E-state index contributed by atoms with van der Waals surface area (Å²) in [7, 11) is -3.01. The number of rotatable bonds is 3. The van der Waals surface area contributed by atoms with Crippen LogP contribution in [0, 0.1) is 11.8 Å². The quantitative estimate of drug-likeness (QED) is 0.799. The first-order valence-corrected chi connectivity index (χ1v) is 7.19. The maximum absolute atomic E-state index is 11.4. The van der Waals surface area contributed by atoms with Crippen LogP contribution in [0.4, 0.5) is 0 Å². The lowest BCUT2D eigenvalue weighted by Crippen LogP contribution is -2.32. The van der Waals surface area contributed by atoms with Crippen molar-refractivity contribution in [3.8, 4) is 0 Å². The molecule has 15 heavy (non-hydrogen) atoms. The van der Waals surface area contributed by atoms with Gasteiger partial charge < -0.3 is 5.11 Å². The van der Waals surface area contributed by atoms with Crippen LogP contribution in [-0.2, 0) is 14.6 Å². The van der Waals surface area contributed by atoms with E-state index in [4.69, 9.17) is 5.11 Å². The van der Waals surface area contributed by atoms with Crippen molar-refractivity contribution in [3.63, 3.8) is 0 Å². The summed E-state index contributed by atoms with van der Waals surface area (Å²) in [6, 6.07) is 0. The van der Waals surface area contributed by atoms with Crippen molar-refractivity contribution in [3.05, 3.63) is 0 Å². The topological polar surface area (TPSA) is 71.4 Å². The second kappa shape index (κ2) is 4.51. The summed E-state index contributed by atoms with van der Waals surface area (Å²) in [6.45, 7) is 1.66. The molecular formula is C10H18O4S. The third kappa shape index (κ3) is 3.19. The number of hydrogen-bond donors (Lipinski definition) is 1. The molecule has 0 amide bonds. The second-order valence-electron chi connectivity index (χ2n) is 4.51. The Morgan fingerprint density at radius 1 is 1.40 bits per heavy atom. The third-order valence-electron chi connectivity index (χ3n) is 3.37. The molecule has 0 saturated heterocycles. The fourth-order valence-corrected chi connectivity index (χ4v) is 3.42. The molecule has 0 aromatic rings. The number of carboxylic acids is 1. The van der Waals surface area contributed by atoms with Gasteiger partial charge in [-0.25, -0.2) is 8.42 Å². The van der Waals surface area contributed by atoms with Crippen LogP contribution in [0.2, 0.25) is 0 Å². The van der Waals surface area contributed by atoms with Crippen molar-refractivity contribution < 1.29 is 18.3 Å². The maximum Gasteiger partial charge on any atom is 0.306 e. The largest absolute Gasteiger partial charge is 0.481 e. The van der Waals surface area contributed by atoms with Crippen LogP contribution >= 0.6 is 0 Å². The van der Waals surface area contributed by atoms with Crippen LogP contribution in [0.25, 0.3) is 0 Å². The van der Waals surface area contributed by atoms with Crippen LogP contribution in [0.15, 0.2) is 0 Å². The minimum atomic E-state index is -3.01. The van der Waals surface area contributed by atoms with Gasteiger partial charge in [0.1, 0.15) is 9.84 Å². The monoisotopic (exact) mass is 234 g/mol. The SMILES string of the molecule is CC(C(=O)O)C1CCCC(S(C)(=O)=O)C1. The molecule has 3 unspecified atom stereocenters. The lowest BCUT2D eigenvalue weighted by molar-refractivity contribution is -0.143. The highest BCUT2D eigenvalue weighted by molar-refractivity contribution is 7.91. The molecule has 88 valence electrons. The molecule has 4 nitrogen and oxygen atoms in total. The van der Waals surface area contributed by atoms with Crippen LogP contribution < -0.4 is 0 Å². The zero-order valence-electron chi connectivity index (χ0n) is 9.14. The van der Waals surface area contributed by atoms with E-state index < -0.39 is 21.7 Å². The van der Waals surface area contributed by atoms with Gasteiger partial charge in [0, 0.05) is 6.26 Å². The Bertz CT molecular complexity index is 333. The smallest absolute Gasteiger partial charge is 0.306 e. The maximum atomic E-state index is 11.4. The Balaban J connectivity index is 2.68. The molecular weight excluding hydrogens is 216 g/mol. The van der Waals surface area contributed by atoms with Gasteiger partial charge in [0.2, 0.25) is 0 Å². The first kappa shape index (κ1) is 12.5. The lowest BCUT2D eigenvalue weighted by atomic mass is 9.81. The highest BCUT2D eigenvalue weighted by Gasteiger charge is 2.33. The van der Waals surface area contributed by atoms with E-state index in [1.807, 2.05) is 0 Å². The second-order valence-corrected chi connectivity index (χ2v) is 6.83. The minimum absolute atomic E-state index is 0.0102. The van der Waals surface area contributed by atoms with E-state index in [1.165, 1.54) is 6.26 Å². The normalized spacial score (nSPS) is 29.7. The standard InChI is InChI=1S/C10H18O4S/c1-7(10(11)12)8-4-3-5-9(6-8)15(2,13)14/h7-9H,3-6H2,1-2H3,(H,11,12). The van der Waals surface area contributed by atoms with Crippen molar-refractivity contribution in [1.29, 1.82) is 0 Å². The Morgan fingerprint density at radius 2 is 2.00 bits per heavy atom. The summed E-state index contributed by atoms with van der Waals surface area (Å²) in [4.78, 5) is 10.8. The van der Waals surface area contributed by atoms with Crippen molar-refractivity contribution in [2.45, 2.75) is 37.9 Å². The minimum Gasteiger partial charge on any atom is -0.481 e. The average molecular weight is 234 g/mol. The number of sulfone groups is 1. The highest BCUT2D eigenvalue weighted by Crippen LogP contribution is 2.33. The molecule has 0 aromatic heterocycles. The average Bonchev–Trinajstić information content (AvgIpc) is 2.15. The van der Waals surface area contributed by atoms with Crippen molar-refractivity contribution in [2.75, 3.05) is 6.26 Å². The fourth-order valence-electron chi connectivity index (χ4n) is 2.23. The van der Waals surface area contributed by atoms with Crippen LogP contribution in [0.3, 0.4) is 0 Å². The van der Waals surface area contributed by atoms with Crippen molar-refractivity contribution >= 4 is 15.8 Å². The molecule has 1 aliphatic carbocycles. The zero-order valence-corrected chi connectivity index (χ0v) is 9.96. The van der Waals surface area contributed by atoms with Crippen LogP contribution in [0.1, 0.15) is 32.6 Å². The van der Waals surface area contributed by atoms with Crippen molar-refractivity contribution in [1.82, 2.24) is 0 Å². The summed E-state index contributed by atoms with van der Waals surface area (Å²) in [5.74, 6) is -1.25. The number of aliphatic carboxylic acids is 1. The summed E-state index contributed by atoms with van der Waals surface area (Å²) in [5.41, 5.74) is 0. The van der Waals surface area contributed by atoms with Crippen LogP contribution in [-0.4, -0.2) is 31.0 Å². The van der Waals surface area contributed by atoms with E-state index in [0.29, 0.717) is 12.8 Å². The predicted molar refractivity (Wildman–Crippen MR) is 57.4 cm³/mol. The molecule has 0 aromatic carbocycles. The van der Waals surface area contributed by atoms with E-state index in [1.54, 1.807) is 6.92 Å². The summed E-state index contributed by atoms with van der Waals surface area (Å²) in [6.07, 6.45) is 4.08. The molecule has 1 fully saturated rings. The van der Waals surface area contributed by atoms with Gasteiger partial charge in [-0.05, 0) is 25.2 Å². The molecule has 1 saturated carbocycles. The molecule has 1 N–H and O–H groups in total. The van der Waals surface area contributed by atoms with Gasteiger partial charge >= 0.3 is 5.97 Å². The molecule has 0 aliphatic heterocycles. The first-order valence-electron chi connectivity index (χ1n) is 5.24. The molecule has 0 heterocycles. The molecule has 1 aliphatic rings. The number of carboxylic acid groups (broad SMARTS) is 1. The molecule has 3 atom stereocenters. The van der Waals surface area contributed by atoms with E-state index >= 15 is 0 Å². The molecule has 1 rings (SSSR count). The Morgan fingerprint density at radius 3 is 2.47 bits per heavy atom. The third-order valence-corrected chi connectivity index (χ3v) is 5.01. The Hall–Kier alpha value is -0.580. The predicted octanol–water partition coefficient (Wildman–Crippen LogP) is 1.31. The van der Waals surface area contributed by atoms with Gasteiger partial charge in [0.15, 0.2) is 0 Å². The van der Waals surface area contributed by atoms with Crippen LogP contribution in [0.5, 0.6) is 0 Å². The van der Waals surface area contributed by atoms with E-state index in [-0.39, 0.29) is 11.2 Å². The fraction of sp³-hybridized carbons (Fsp3) is 0.900. The summed E-state index contributed by atoms with van der Waals surface area (Å²) in [5, 5.41) is 8.54. The molecule has 5 heteroatoms. The molecule has 0 spiro atoms. The van der Waals surface area contributed by atoms with Gasteiger partial charge in [-0.1, -0.05) is 13.3 Å². The van der Waals surface area contributed by atoms with Gasteiger partial charge in [-0.15, -0.1) is 0 Å². The first-order chi connectivity index (χ1) is 6.82. The van der Waals surface area contributed by atoms with Gasteiger partial charge in [-0.2, -0.15) is 0 Å². The molecule has 0 radical (unpaired) electrons. The zero-order chi connectivity index (χ0) is 11.6.